The Bertz CT molecular complexity index is 323. The number of carbonyl (C=O) groups is 1. The number of rotatable bonds is 3. The van der Waals surface area contributed by atoms with E-state index in [0.29, 0.717) is 18.6 Å². The van der Waals surface area contributed by atoms with Crippen LogP contribution in [-0.2, 0) is 9.53 Å². The largest absolute Gasteiger partial charge is 0.364 e. The Hall–Kier alpha value is -0.650. The molecular weight excluding hydrogens is 230 g/mol. The minimum Gasteiger partial charge on any atom is -0.364 e. The first kappa shape index (κ1) is 12.4. The van der Waals surface area contributed by atoms with Crippen LogP contribution >= 0.6 is 0 Å². The summed E-state index contributed by atoms with van der Waals surface area (Å²) in [5.41, 5.74) is 5.57. The number of nitrogens with one attached hydrogen (secondary N) is 1. The summed E-state index contributed by atoms with van der Waals surface area (Å²) >= 11 is 0. The fourth-order valence-corrected chi connectivity index (χ4v) is 3.60. The van der Waals surface area contributed by atoms with E-state index in [9.17, 15) is 4.79 Å². The van der Waals surface area contributed by atoms with Crippen molar-refractivity contribution in [2.24, 2.45) is 5.73 Å². The van der Waals surface area contributed by atoms with Gasteiger partial charge in [-0.2, -0.15) is 0 Å². The molecule has 3 aliphatic heterocycles. The summed E-state index contributed by atoms with van der Waals surface area (Å²) in [6.07, 6.45) is 5.11. The molecule has 3 saturated heterocycles. The topological polar surface area (TPSA) is 67.6 Å². The standard InChI is InChI=1S/C13H23N3O2/c14-8-9-3-4-12(18-9)13(17)15-10-5-7-16-6-1-2-11(10)16/h9-12H,1-8,14H2,(H,15,17). The Balaban J connectivity index is 1.52. The molecule has 1 amide bonds. The van der Waals surface area contributed by atoms with E-state index in [2.05, 4.69) is 10.2 Å². The maximum Gasteiger partial charge on any atom is 0.249 e. The van der Waals surface area contributed by atoms with Gasteiger partial charge in [0.15, 0.2) is 0 Å². The molecule has 0 bridgehead atoms. The molecule has 3 N–H and O–H groups in total. The zero-order valence-corrected chi connectivity index (χ0v) is 10.8. The average Bonchev–Trinajstić information content (AvgIpc) is 3.05. The highest BCUT2D eigenvalue weighted by Crippen LogP contribution is 2.28. The second-order valence-corrected chi connectivity index (χ2v) is 5.71. The lowest BCUT2D eigenvalue weighted by atomic mass is 10.1. The molecule has 0 aromatic rings. The Kier molecular flexibility index (Phi) is 3.54. The maximum absolute atomic E-state index is 12.2. The first-order valence-corrected chi connectivity index (χ1v) is 7.18. The predicted octanol–water partition coefficient (Wildman–Crippen LogP) is -0.154. The van der Waals surface area contributed by atoms with Gasteiger partial charge in [0.1, 0.15) is 6.10 Å². The minimum atomic E-state index is -0.269. The summed E-state index contributed by atoms with van der Waals surface area (Å²) < 4.78 is 5.64. The van der Waals surface area contributed by atoms with Crippen molar-refractivity contribution in [3.05, 3.63) is 0 Å². The first-order chi connectivity index (χ1) is 8.78. The monoisotopic (exact) mass is 253 g/mol. The van der Waals surface area contributed by atoms with Gasteiger partial charge in [-0.05, 0) is 38.6 Å². The second kappa shape index (κ2) is 5.15. The quantitative estimate of drug-likeness (QED) is 0.734. The molecule has 3 heterocycles. The first-order valence-electron chi connectivity index (χ1n) is 7.18. The van der Waals surface area contributed by atoms with Crippen LogP contribution in [0.5, 0.6) is 0 Å². The smallest absolute Gasteiger partial charge is 0.249 e. The van der Waals surface area contributed by atoms with Gasteiger partial charge in [-0.3, -0.25) is 9.69 Å². The molecule has 0 spiro atoms. The third-order valence-corrected chi connectivity index (χ3v) is 4.60. The van der Waals surface area contributed by atoms with Gasteiger partial charge in [0, 0.05) is 25.2 Å². The zero-order chi connectivity index (χ0) is 12.5. The molecule has 4 unspecified atom stereocenters. The van der Waals surface area contributed by atoms with Crippen LogP contribution in [0.15, 0.2) is 0 Å². The van der Waals surface area contributed by atoms with Gasteiger partial charge in [0.05, 0.1) is 6.10 Å². The molecular formula is C13H23N3O2. The lowest BCUT2D eigenvalue weighted by Crippen LogP contribution is -2.46. The van der Waals surface area contributed by atoms with Crippen LogP contribution in [0.3, 0.4) is 0 Å². The average molecular weight is 253 g/mol. The van der Waals surface area contributed by atoms with Crippen molar-refractivity contribution in [2.45, 2.75) is 56.4 Å². The third-order valence-electron chi connectivity index (χ3n) is 4.60. The van der Waals surface area contributed by atoms with Crippen LogP contribution in [0.25, 0.3) is 0 Å². The van der Waals surface area contributed by atoms with E-state index in [1.165, 1.54) is 19.4 Å². The van der Waals surface area contributed by atoms with Gasteiger partial charge in [-0.15, -0.1) is 0 Å². The van der Waals surface area contributed by atoms with Crippen LogP contribution in [-0.4, -0.2) is 54.7 Å². The maximum atomic E-state index is 12.2. The van der Waals surface area contributed by atoms with E-state index in [-0.39, 0.29) is 18.1 Å². The molecule has 3 aliphatic rings. The van der Waals surface area contributed by atoms with E-state index in [1.54, 1.807) is 0 Å². The summed E-state index contributed by atoms with van der Waals surface area (Å²) in [4.78, 5) is 14.7. The zero-order valence-electron chi connectivity index (χ0n) is 10.8. The molecule has 3 rings (SSSR count). The Morgan fingerprint density at radius 3 is 2.94 bits per heavy atom. The van der Waals surface area contributed by atoms with Crippen molar-refractivity contribution in [3.8, 4) is 0 Å². The van der Waals surface area contributed by atoms with Gasteiger partial charge in [-0.25, -0.2) is 0 Å². The Morgan fingerprint density at radius 1 is 1.28 bits per heavy atom. The second-order valence-electron chi connectivity index (χ2n) is 5.71. The normalized spacial score (nSPS) is 40.1. The van der Waals surface area contributed by atoms with E-state index >= 15 is 0 Å². The number of hydrogen-bond acceptors (Lipinski definition) is 4. The summed E-state index contributed by atoms with van der Waals surface area (Å²) in [6.45, 7) is 2.85. The van der Waals surface area contributed by atoms with Crippen molar-refractivity contribution in [1.82, 2.24) is 10.2 Å². The van der Waals surface area contributed by atoms with Gasteiger partial charge in [0.2, 0.25) is 5.91 Å². The number of nitrogens with zero attached hydrogens (tertiary/aromatic N) is 1. The number of nitrogens with two attached hydrogens (primary N) is 1. The highest BCUT2D eigenvalue weighted by Gasteiger charge is 2.39. The Labute approximate surface area is 108 Å². The van der Waals surface area contributed by atoms with Gasteiger partial charge < -0.3 is 15.8 Å². The molecule has 5 nitrogen and oxygen atoms in total. The predicted molar refractivity (Wildman–Crippen MR) is 68.1 cm³/mol. The third kappa shape index (κ3) is 2.27. The number of amides is 1. The number of hydrogen-bond donors (Lipinski definition) is 2. The van der Waals surface area contributed by atoms with E-state index in [1.807, 2.05) is 0 Å². The van der Waals surface area contributed by atoms with Crippen molar-refractivity contribution in [3.63, 3.8) is 0 Å². The van der Waals surface area contributed by atoms with Crippen LogP contribution in [0.2, 0.25) is 0 Å². The molecule has 4 atom stereocenters. The van der Waals surface area contributed by atoms with Crippen LogP contribution in [0.4, 0.5) is 0 Å². The van der Waals surface area contributed by atoms with Crippen molar-refractivity contribution in [1.29, 1.82) is 0 Å². The molecule has 0 saturated carbocycles. The molecule has 3 fully saturated rings. The molecule has 18 heavy (non-hydrogen) atoms. The molecule has 0 aromatic heterocycles. The number of carbonyl (C=O) groups excluding carboxylic acids is 1. The van der Waals surface area contributed by atoms with E-state index < -0.39 is 0 Å². The van der Waals surface area contributed by atoms with Crippen LogP contribution in [0, 0.1) is 0 Å². The van der Waals surface area contributed by atoms with Crippen molar-refractivity contribution >= 4 is 5.91 Å². The molecule has 5 heteroatoms. The molecule has 102 valence electrons. The molecule has 0 aromatic carbocycles. The molecule has 0 aliphatic carbocycles. The summed E-state index contributed by atoms with van der Waals surface area (Å²) in [6, 6.07) is 0.904. The van der Waals surface area contributed by atoms with Gasteiger partial charge >= 0.3 is 0 Å². The lowest BCUT2D eigenvalue weighted by Gasteiger charge is -2.22. The van der Waals surface area contributed by atoms with E-state index in [0.717, 1.165) is 25.8 Å². The van der Waals surface area contributed by atoms with Gasteiger partial charge in [-0.1, -0.05) is 0 Å². The van der Waals surface area contributed by atoms with Crippen LogP contribution in [0.1, 0.15) is 32.1 Å². The SMILES string of the molecule is NCC1CCC(C(=O)NC2CCN3CCCC23)O1. The fourth-order valence-electron chi connectivity index (χ4n) is 3.60. The summed E-state index contributed by atoms with van der Waals surface area (Å²) in [5.74, 6) is 0.0738. The Morgan fingerprint density at radius 2 is 2.17 bits per heavy atom. The summed E-state index contributed by atoms with van der Waals surface area (Å²) in [7, 11) is 0. The van der Waals surface area contributed by atoms with Crippen molar-refractivity contribution < 1.29 is 9.53 Å². The van der Waals surface area contributed by atoms with Crippen LogP contribution < -0.4 is 11.1 Å². The lowest BCUT2D eigenvalue weighted by molar-refractivity contribution is -0.132. The molecule has 0 radical (unpaired) electrons. The number of fused-ring (bicyclic) bond motifs is 1. The highest BCUT2D eigenvalue weighted by atomic mass is 16.5. The fraction of sp³-hybridized carbons (Fsp3) is 0.923. The highest BCUT2D eigenvalue weighted by molar-refractivity contribution is 5.81. The van der Waals surface area contributed by atoms with Crippen molar-refractivity contribution in [2.75, 3.05) is 19.6 Å². The van der Waals surface area contributed by atoms with Gasteiger partial charge in [0.25, 0.3) is 0 Å². The number of ether oxygens (including phenoxy) is 1. The minimum absolute atomic E-state index is 0.0738. The summed E-state index contributed by atoms with van der Waals surface area (Å²) in [5, 5.41) is 3.19. The van der Waals surface area contributed by atoms with E-state index in [4.69, 9.17) is 10.5 Å².